The van der Waals surface area contributed by atoms with Gasteiger partial charge in [0.25, 0.3) is 0 Å². The number of ether oxygens (including phenoxy) is 1. The number of aryl methyl sites for hydroxylation is 1. The second kappa shape index (κ2) is 6.01. The average molecular weight is 302 g/mol. The number of benzene rings is 1. The first kappa shape index (κ1) is 13.7. The monoisotopic (exact) mass is 302 g/mol. The van der Waals surface area contributed by atoms with Crippen LogP contribution in [0.4, 0.5) is 0 Å². The van der Waals surface area contributed by atoms with Crippen molar-refractivity contribution in [3.05, 3.63) is 41.8 Å². The Balaban J connectivity index is 1.67. The molecule has 0 aliphatic carbocycles. The summed E-state index contributed by atoms with van der Waals surface area (Å²) in [5.74, 6) is 3.03. The first-order valence-electron chi connectivity index (χ1n) is 6.36. The zero-order valence-corrected chi connectivity index (χ0v) is 12.5. The minimum absolute atomic E-state index is 0.678. The van der Waals surface area contributed by atoms with Gasteiger partial charge in [0, 0.05) is 17.4 Å². The molecule has 3 rings (SSSR count). The Hall–Kier alpha value is -2.28. The lowest BCUT2D eigenvalue weighted by atomic mass is 10.2. The molecule has 0 unspecified atom stereocenters. The lowest BCUT2D eigenvalue weighted by molar-refractivity contribution is 0.393. The zero-order valence-electron chi connectivity index (χ0n) is 11.7. The summed E-state index contributed by atoms with van der Waals surface area (Å²) in [5, 5.41) is 11.7. The van der Waals surface area contributed by atoms with E-state index < -0.39 is 0 Å². The molecule has 0 saturated carbocycles. The molecule has 0 atom stereocenters. The number of H-pyrrole nitrogens is 1. The molecule has 0 aliphatic heterocycles. The normalized spacial score (nSPS) is 10.8. The third-order valence-electron chi connectivity index (χ3n) is 2.85. The Morgan fingerprint density at radius 3 is 2.76 bits per heavy atom. The Kier molecular flexibility index (Phi) is 3.92. The Labute approximate surface area is 125 Å². The molecule has 1 N–H and O–H groups in total. The van der Waals surface area contributed by atoms with Crippen molar-refractivity contribution in [1.82, 2.24) is 20.3 Å². The third kappa shape index (κ3) is 3.25. The summed E-state index contributed by atoms with van der Waals surface area (Å²) in [6.45, 7) is 1.87. The summed E-state index contributed by atoms with van der Waals surface area (Å²) in [7, 11) is 1.64. The van der Waals surface area contributed by atoms with Crippen molar-refractivity contribution in [3.63, 3.8) is 0 Å². The van der Waals surface area contributed by atoms with E-state index in [-0.39, 0.29) is 0 Å². The van der Waals surface area contributed by atoms with Crippen LogP contribution in [0.5, 0.6) is 5.75 Å². The van der Waals surface area contributed by atoms with Crippen LogP contribution in [0, 0.1) is 6.92 Å². The Bertz CT molecular complexity index is 721. The van der Waals surface area contributed by atoms with Gasteiger partial charge in [-0.1, -0.05) is 16.9 Å². The van der Waals surface area contributed by atoms with Crippen molar-refractivity contribution in [2.24, 2.45) is 0 Å². The van der Waals surface area contributed by atoms with Crippen molar-refractivity contribution in [2.45, 2.75) is 17.8 Å². The summed E-state index contributed by atoms with van der Waals surface area (Å²) >= 11 is 1.51. The van der Waals surface area contributed by atoms with Crippen molar-refractivity contribution in [3.8, 4) is 17.1 Å². The highest BCUT2D eigenvalue weighted by molar-refractivity contribution is 7.98. The molecule has 0 bridgehead atoms. The number of aromatic amines is 1. The lowest BCUT2D eigenvalue weighted by Gasteiger charge is -1.99. The van der Waals surface area contributed by atoms with Crippen LogP contribution in [0.15, 0.2) is 40.0 Å². The summed E-state index contributed by atoms with van der Waals surface area (Å²) in [4.78, 5) is 4.45. The molecule has 0 radical (unpaired) electrons. The number of thioether (sulfide) groups is 1. The van der Waals surface area contributed by atoms with E-state index in [0.717, 1.165) is 28.6 Å². The fraction of sp³-hybridized carbons (Fsp3) is 0.214. The fourth-order valence-corrected chi connectivity index (χ4v) is 2.49. The van der Waals surface area contributed by atoms with E-state index >= 15 is 0 Å². The summed E-state index contributed by atoms with van der Waals surface area (Å²) < 4.78 is 10.2. The van der Waals surface area contributed by atoms with Crippen LogP contribution < -0.4 is 4.74 Å². The maximum absolute atomic E-state index is 5.13. The molecule has 7 heteroatoms. The van der Waals surface area contributed by atoms with Gasteiger partial charge in [0.2, 0.25) is 5.16 Å². The van der Waals surface area contributed by atoms with Gasteiger partial charge < -0.3 is 9.26 Å². The molecular formula is C14H14N4O2S. The molecule has 0 amide bonds. The van der Waals surface area contributed by atoms with Gasteiger partial charge in [0.15, 0.2) is 5.82 Å². The number of nitrogens with zero attached hydrogens (tertiary/aromatic N) is 3. The van der Waals surface area contributed by atoms with Gasteiger partial charge >= 0.3 is 0 Å². The highest BCUT2D eigenvalue weighted by Gasteiger charge is 2.08. The van der Waals surface area contributed by atoms with Crippen molar-refractivity contribution in [1.29, 1.82) is 0 Å². The maximum Gasteiger partial charge on any atom is 0.209 e. The van der Waals surface area contributed by atoms with E-state index in [9.17, 15) is 0 Å². The standard InChI is InChI=1S/C14H14N4O2S/c1-9-7-11(18-20-9)8-21-14-15-13(16-17-14)10-3-5-12(19-2)6-4-10/h3-7H,8H2,1-2H3,(H,15,16,17). The van der Waals surface area contributed by atoms with E-state index in [1.807, 2.05) is 37.3 Å². The molecular weight excluding hydrogens is 288 g/mol. The molecule has 108 valence electrons. The Morgan fingerprint density at radius 2 is 2.10 bits per heavy atom. The van der Waals surface area contributed by atoms with Crippen molar-refractivity contribution >= 4 is 11.8 Å². The summed E-state index contributed by atoms with van der Waals surface area (Å²) in [6, 6.07) is 9.57. The van der Waals surface area contributed by atoms with E-state index in [1.54, 1.807) is 7.11 Å². The van der Waals surface area contributed by atoms with Gasteiger partial charge in [-0.25, -0.2) is 4.98 Å². The first-order valence-corrected chi connectivity index (χ1v) is 7.35. The van der Waals surface area contributed by atoms with Crippen LogP contribution in [0.3, 0.4) is 0 Å². The number of hydrogen-bond acceptors (Lipinski definition) is 6. The lowest BCUT2D eigenvalue weighted by Crippen LogP contribution is -1.84. The topological polar surface area (TPSA) is 76.8 Å². The van der Waals surface area contributed by atoms with E-state index in [2.05, 4.69) is 20.3 Å². The Morgan fingerprint density at radius 1 is 1.29 bits per heavy atom. The van der Waals surface area contributed by atoms with E-state index in [1.165, 1.54) is 11.8 Å². The van der Waals surface area contributed by atoms with E-state index in [4.69, 9.17) is 9.26 Å². The van der Waals surface area contributed by atoms with Crippen LogP contribution in [0.25, 0.3) is 11.4 Å². The fourth-order valence-electron chi connectivity index (χ4n) is 1.81. The highest BCUT2D eigenvalue weighted by atomic mass is 32.2. The summed E-state index contributed by atoms with van der Waals surface area (Å²) in [5.41, 5.74) is 1.85. The van der Waals surface area contributed by atoms with E-state index in [0.29, 0.717) is 10.9 Å². The predicted octanol–water partition coefficient (Wildman–Crippen LogP) is 3.07. The number of rotatable bonds is 5. The molecule has 0 aliphatic rings. The second-order valence-electron chi connectivity index (χ2n) is 4.41. The van der Waals surface area contributed by atoms with Crippen LogP contribution >= 0.6 is 11.8 Å². The second-order valence-corrected chi connectivity index (χ2v) is 5.36. The molecule has 0 saturated heterocycles. The van der Waals surface area contributed by atoms with Crippen molar-refractivity contribution < 1.29 is 9.26 Å². The molecule has 0 spiro atoms. The van der Waals surface area contributed by atoms with Gasteiger partial charge in [-0.05, 0) is 31.2 Å². The smallest absolute Gasteiger partial charge is 0.209 e. The largest absolute Gasteiger partial charge is 0.497 e. The van der Waals surface area contributed by atoms with Gasteiger partial charge in [-0.15, -0.1) is 5.10 Å². The summed E-state index contributed by atoms with van der Waals surface area (Å²) in [6.07, 6.45) is 0. The number of methoxy groups -OCH3 is 1. The SMILES string of the molecule is COc1ccc(-c2nc(SCc3cc(C)on3)n[nH]2)cc1. The zero-order chi connectivity index (χ0) is 14.7. The van der Waals surface area contributed by atoms with Crippen LogP contribution in [-0.2, 0) is 5.75 Å². The van der Waals surface area contributed by atoms with Crippen molar-refractivity contribution in [2.75, 3.05) is 7.11 Å². The molecule has 1 aromatic carbocycles. The molecule has 6 nitrogen and oxygen atoms in total. The van der Waals surface area contributed by atoms with Crippen LogP contribution in [0.2, 0.25) is 0 Å². The number of aromatic nitrogens is 4. The van der Waals surface area contributed by atoms with Gasteiger partial charge in [0.1, 0.15) is 11.5 Å². The number of nitrogens with one attached hydrogen (secondary N) is 1. The quantitative estimate of drug-likeness (QED) is 0.730. The average Bonchev–Trinajstić information content (AvgIpc) is 3.14. The van der Waals surface area contributed by atoms with Crippen LogP contribution in [0.1, 0.15) is 11.5 Å². The minimum Gasteiger partial charge on any atom is -0.497 e. The third-order valence-corrected chi connectivity index (χ3v) is 3.74. The highest BCUT2D eigenvalue weighted by Crippen LogP contribution is 2.23. The predicted molar refractivity (Wildman–Crippen MR) is 79.2 cm³/mol. The maximum atomic E-state index is 5.13. The molecule has 2 heterocycles. The van der Waals surface area contributed by atoms with Gasteiger partial charge in [0.05, 0.1) is 12.8 Å². The molecule has 3 aromatic rings. The molecule has 0 fully saturated rings. The number of hydrogen-bond donors (Lipinski definition) is 1. The van der Waals surface area contributed by atoms with Gasteiger partial charge in [-0.3, -0.25) is 5.10 Å². The first-order chi connectivity index (χ1) is 10.2. The van der Waals surface area contributed by atoms with Crippen LogP contribution in [-0.4, -0.2) is 27.4 Å². The van der Waals surface area contributed by atoms with Gasteiger partial charge in [-0.2, -0.15) is 0 Å². The molecule has 21 heavy (non-hydrogen) atoms. The minimum atomic E-state index is 0.678. The molecule has 2 aromatic heterocycles.